The van der Waals surface area contributed by atoms with E-state index in [1.807, 2.05) is 24.3 Å². The van der Waals surface area contributed by atoms with Gasteiger partial charge in [0.25, 0.3) is 5.91 Å². The molecule has 1 amide bonds. The quantitative estimate of drug-likeness (QED) is 0.573. The number of phenolic OH excluding ortho intramolecular Hbond substituents is 1. The minimum absolute atomic E-state index is 0.0761. The lowest BCUT2D eigenvalue weighted by Gasteiger charge is -2.05. The maximum Gasteiger partial charge on any atom is 0.275 e. The van der Waals surface area contributed by atoms with E-state index < -0.39 is 5.91 Å². The lowest BCUT2D eigenvalue weighted by molar-refractivity contribution is 0.0952. The molecule has 0 aliphatic carbocycles. The summed E-state index contributed by atoms with van der Waals surface area (Å²) in [4.78, 5) is 12.1. The van der Waals surface area contributed by atoms with Crippen molar-refractivity contribution in [2.75, 3.05) is 0 Å². The Morgan fingerprint density at radius 2 is 2.05 bits per heavy atom. The Bertz CT molecular complexity index is 867. The summed E-state index contributed by atoms with van der Waals surface area (Å²) >= 11 is 0. The molecule has 110 valence electrons. The molecule has 0 fully saturated rings. The van der Waals surface area contributed by atoms with Gasteiger partial charge in [-0.2, -0.15) is 10.2 Å². The highest BCUT2D eigenvalue weighted by Crippen LogP contribution is 2.24. The van der Waals surface area contributed by atoms with Crippen LogP contribution in [0.1, 0.15) is 15.9 Å². The number of nitrogens with one attached hydrogen (secondary N) is 1. The molecule has 22 heavy (non-hydrogen) atoms. The minimum atomic E-state index is -0.469. The van der Waals surface area contributed by atoms with Crippen molar-refractivity contribution in [3.8, 4) is 5.75 Å². The standard InChI is InChI=1S/C16H14N4O2/c1-20-10-11(9-18-20)8-17-19-16(22)14-6-12-4-2-3-5-13(12)7-15(14)21/h2-10,21H,1H3,(H,19,22)/b17-8+. The van der Waals surface area contributed by atoms with Gasteiger partial charge in [-0.05, 0) is 22.9 Å². The van der Waals surface area contributed by atoms with Gasteiger partial charge in [0.15, 0.2) is 0 Å². The second kappa shape index (κ2) is 5.69. The Kier molecular flexibility index (Phi) is 3.57. The molecule has 0 radical (unpaired) electrons. The van der Waals surface area contributed by atoms with Gasteiger partial charge in [-0.15, -0.1) is 0 Å². The van der Waals surface area contributed by atoms with Crippen LogP contribution in [0, 0.1) is 0 Å². The van der Waals surface area contributed by atoms with Crippen LogP contribution in [0.25, 0.3) is 10.8 Å². The molecule has 3 aromatic rings. The Morgan fingerprint density at radius 1 is 1.32 bits per heavy atom. The normalized spacial score (nSPS) is 11.1. The largest absolute Gasteiger partial charge is 0.507 e. The van der Waals surface area contributed by atoms with Gasteiger partial charge in [0.1, 0.15) is 5.75 Å². The summed E-state index contributed by atoms with van der Waals surface area (Å²) in [5, 5.41) is 19.6. The van der Waals surface area contributed by atoms with Crippen molar-refractivity contribution in [3.63, 3.8) is 0 Å². The second-order valence-electron chi connectivity index (χ2n) is 4.86. The molecule has 1 heterocycles. The number of hydrogen-bond donors (Lipinski definition) is 2. The summed E-state index contributed by atoms with van der Waals surface area (Å²) in [6, 6.07) is 10.7. The molecule has 6 nitrogen and oxygen atoms in total. The van der Waals surface area contributed by atoms with Crippen LogP contribution in [0.2, 0.25) is 0 Å². The molecule has 2 aromatic carbocycles. The Balaban J connectivity index is 1.80. The molecule has 0 aliphatic heterocycles. The van der Waals surface area contributed by atoms with E-state index in [0.29, 0.717) is 0 Å². The second-order valence-corrected chi connectivity index (χ2v) is 4.86. The number of aryl methyl sites for hydroxylation is 1. The number of hydrazone groups is 1. The maximum atomic E-state index is 12.1. The minimum Gasteiger partial charge on any atom is -0.507 e. The van der Waals surface area contributed by atoms with Gasteiger partial charge in [0, 0.05) is 18.8 Å². The third kappa shape index (κ3) is 2.80. The Hall–Kier alpha value is -3.15. The zero-order valence-corrected chi connectivity index (χ0v) is 11.9. The van der Waals surface area contributed by atoms with Crippen LogP contribution in [0.3, 0.4) is 0 Å². The van der Waals surface area contributed by atoms with Crippen molar-refractivity contribution >= 4 is 22.9 Å². The maximum absolute atomic E-state index is 12.1. The summed E-state index contributed by atoms with van der Waals surface area (Å²) in [7, 11) is 1.79. The lowest BCUT2D eigenvalue weighted by atomic mass is 10.1. The van der Waals surface area contributed by atoms with Crippen molar-refractivity contribution in [1.29, 1.82) is 0 Å². The van der Waals surface area contributed by atoms with Crippen molar-refractivity contribution in [3.05, 3.63) is 59.9 Å². The summed E-state index contributed by atoms with van der Waals surface area (Å²) in [5.74, 6) is -0.545. The van der Waals surface area contributed by atoms with Crippen LogP contribution in [-0.2, 0) is 7.05 Å². The molecule has 3 rings (SSSR count). The number of phenols is 1. The van der Waals surface area contributed by atoms with Crippen molar-refractivity contribution in [2.45, 2.75) is 0 Å². The number of carbonyl (C=O) groups is 1. The summed E-state index contributed by atoms with van der Waals surface area (Å²) in [6.07, 6.45) is 4.88. The number of aromatic hydroxyl groups is 1. The average Bonchev–Trinajstić information content (AvgIpc) is 2.92. The van der Waals surface area contributed by atoms with Crippen molar-refractivity contribution in [2.24, 2.45) is 12.1 Å². The first kappa shape index (κ1) is 13.8. The molecule has 0 spiro atoms. The topological polar surface area (TPSA) is 79.5 Å². The Labute approximate surface area is 126 Å². The van der Waals surface area contributed by atoms with Crippen LogP contribution in [-0.4, -0.2) is 27.0 Å². The number of benzene rings is 2. The predicted molar refractivity (Wildman–Crippen MR) is 83.9 cm³/mol. The first-order valence-corrected chi connectivity index (χ1v) is 6.67. The number of aromatic nitrogens is 2. The van der Waals surface area contributed by atoms with Gasteiger partial charge >= 0.3 is 0 Å². The number of fused-ring (bicyclic) bond motifs is 1. The highest BCUT2D eigenvalue weighted by atomic mass is 16.3. The molecule has 2 N–H and O–H groups in total. The van der Waals surface area contributed by atoms with E-state index in [-0.39, 0.29) is 11.3 Å². The first-order valence-electron chi connectivity index (χ1n) is 6.67. The van der Waals surface area contributed by atoms with Gasteiger partial charge in [-0.25, -0.2) is 5.43 Å². The predicted octanol–water partition coefficient (Wildman–Crippen LogP) is 2.04. The monoisotopic (exact) mass is 294 g/mol. The average molecular weight is 294 g/mol. The fourth-order valence-electron chi connectivity index (χ4n) is 2.14. The number of rotatable bonds is 3. The molecular weight excluding hydrogens is 280 g/mol. The van der Waals surface area contributed by atoms with Crippen LogP contribution >= 0.6 is 0 Å². The van der Waals surface area contributed by atoms with E-state index in [1.54, 1.807) is 36.3 Å². The summed E-state index contributed by atoms with van der Waals surface area (Å²) in [6.45, 7) is 0. The van der Waals surface area contributed by atoms with Gasteiger partial charge in [0.05, 0.1) is 18.0 Å². The molecule has 0 aliphatic rings. The molecule has 0 unspecified atom stereocenters. The molecule has 6 heteroatoms. The van der Waals surface area contributed by atoms with Gasteiger partial charge in [-0.1, -0.05) is 24.3 Å². The van der Waals surface area contributed by atoms with E-state index >= 15 is 0 Å². The summed E-state index contributed by atoms with van der Waals surface area (Å²) < 4.78 is 1.64. The number of amides is 1. The molecular formula is C16H14N4O2. The fraction of sp³-hybridized carbons (Fsp3) is 0.0625. The third-order valence-electron chi connectivity index (χ3n) is 3.21. The van der Waals surface area contributed by atoms with Crippen molar-refractivity contribution in [1.82, 2.24) is 15.2 Å². The zero-order valence-electron chi connectivity index (χ0n) is 11.9. The van der Waals surface area contributed by atoms with E-state index in [1.165, 1.54) is 6.21 Å². The molecule has 0 bridgehead atoms. The van der Waals surface area contributed by atoms with Gasteiger partial charge < -0.3 is 5.11 Å². The van der Waals surface area contributed by atoms with Crippen LogP contribution in [0.5, 0.6) is 5.75 Å². The van der Waals surface area contributed by atoms with Crippen LogP contribution < -0.4 is 5.43 Å². The number of nitrogens with zero attached hydrogens (tertiary/aromatic N) is 3. The smallest absolute Gasteiger partial charge is 0.275 e. The first-order chi connectivity index (χ1) is 10.6. The lowest BCUT2D eigenvalue weighted by Crippen LogP contribution is -2.17. The third-order valence-corrected chi connectivity index (χ3v) is 3.21. The highest BCUT2D eigenvalue weighted by Gasteiger charge is 2.11. The van der Waals surface area contributed by atoms with E-state index in [2.05, 4.69) is 15.6 Å². The summed E-state index contributed by atoms with van der Waals surface area (Å²) in [5.41, 5.74) is 3.35. The van der Waals surface area contributed by atoms with Crippen LogP contribution in [0.15, 0.2) is 53.9 Å². The van der Waals surface area contributed by atoms with Crippen LogP contribution in [0.4, 0.5) is 0 Å². The Morgan fingerprint density at radius 3 is 2.73 bits per heavy atom. The van der Waals surface area contributed by atoms with Gasteiger partial charge in [0.2, 0.25) is 0 Å². The van der Waals surface area contributed by atoms with Gasteiger partial charge in [-0.3, -0.25) is 9.48 Å². The fourth-order valence-corrected chi connectivity index (χ4v) is 2.14. The number of carbonyl (C=O) groups excluding carboxylic acids is 1. The molecule has 0 saturated heterocycles. The van der Waals surface area contributed by atoms with E-state index in [4.69, 9.17) is 0 Å². The van der Waals surface area contributed by atoms with E-state index in [0.717, 1.165) is 16.3 Å². The molecule has 0 saturated carbocycles. The number of hydrogen-bond acceptors (Lipinski definition) is 4. The van der Waals surface area contributed by atoms with Crippen molar-refractivity contribution < 1.29 is 9.90 Å². The zero-order chi connectivity index (χ0) is 15.5. The highest BCUT2D eigenvalue weighted by molar-refractivity contribution is 6.01. The molecule has 1 aromatic heterocycles. The molecule has 0 atom stereocenters. The SMILES string of the molecule is Cn1cc(/C=N/NC(=O)c2cc3ccccc3cc2O)cn1. The van der Waals surface area contributed by atoms with E-state index in [9.17, 15) is 9.90 Å².